The van der Waals surface area contributed by atoms with Crippen LogP contribution in [0.3, 0.4) is 0 Å². The molecule has 0 bridgehead atoms. The van der Waals surface area contributed by atoms with Gasteiger partial charge in [-0.05, 0) is 18.2 Å². The first-order valence-corrected chi connectivity index (χ1v) is 4.17. The second-order valence-corrected chi connectivity index (χ2v) is 2.90. The summed E-state index contributed by atoms with van der Waals surface area (Å²) in [5.74, 6) is 0. The van der Waals surface area contributed by atoms with E-state index in [0.29, 0.717) is 22.4 Å². The van der Waals surface area contributed by atoms with Gasteiger partial charge in [0, 0.05) is 5.56 Å². The molecule has 4 heteroatoms. The van der Waals surface area contributed by atoms with Crippen molar-refractivity contribution in [2.24, 2.45) is 0 Å². The van der Waals surface area contributed by atoms with Crippen LogP contribution >= 0.6 is 0 Å². The molecule has 2 aromatic rings. The summed E-state index contributed by atoms with van der Waals surface area (Å²) in [6, 6.07) is 8.85. The van der Waals surface area contributed by atoms with Crippen molar-refractivity contribution in [3.63, 3.8) is 0 Å². The first-order valence-electron chi connectivity index (χ1n) is 4.17. The van der Waals surface area contributed by atoms with Crippen molar-refractivity contribution in [2.45, 2.75) is 0 Å². The van der Waals surface area contributed by atoms with Gasteiger partial charge in [0.15, 0.2) is 6.39 Å². The lowest BCUT2D eigenvalue weighted by atomic mass is 10.1. The van der Waals surface area contributed by atoms with Crippen molar-refractivity contribution < 1.29 is 4.42 Å². The first-order chi connectivity index (χ1) is 7.33. The van der Waals surface area contributed by atoms with Gasteiger partial charge in [0.05, 0.1) is 23.3 Å². The largest absolute Gasteiger partial charge is 0.451 e. The molecule has 0 aliphatic carbocycles. The Bertz CT molecular complexity index is 526. The Kier molecular flexibility index (Phi) is 2.19. The van der Waals surface area contributed by atoms with Gasteiger partial charge >= 0.3 is 0 Å². The third-order valence-electron chi connectivity index (χ3n) is 1.92. The van der Waals surface area contributed by atoms with Crippen LogP contribution in [-0.4, -0.2) is 4.98 Å². The average Bonchev–Trinajstić information content (AvgIpc) is 2.81. The summed E-state index contributed by atoms with van der Waals surface area (Å²) in [5.41, 5.74) is 2.20. The third kappa shape index (κ3) is 1.70. The van der Waals surface area contributed by atoms with Crippen LogP contribution in [0.2, 0.25) is 0 Å². The van der Waals surface area contributed by atoms with Gasteiger partial charge in [0.1, 0.15) is 12.0 Å². The summed E-state index contributed by atoms with van der Waals surface area (Å²) in [5, 5.41) is 17.6. The molecule has 0 aliphatic rings. The molecular weight excluding hydrogens is 190 g/mol. The van der Waals surface area contributed by atoms with Crippen LogP contribution in [0.25, 0.3) is 11.3 Å². The van der Waals surface area contributed by atoms with E-state index in [1.54, 1.807) is 12.1 Å². The average molecular weight is 195 g/mol. The number of rotatable bonds is 1. The van der Waals surface area contributed by atoms with Gasteiger partial charge in [0.25, 0.3) is 0 Å². The predicted molar refractivity (Wildman–Crippen MR) is 51.4 cm³/mol. The molecule has 0 N–H and O–H groups in total. The zero-order valence-corrected chi connectivity index (χ0v) is 7.64. The van der Waals surface area contributed by atoms with Crippen molar-refractivity contribution in [3.8, 4) is 23.4 Å². The highest BCUT2D eigenvalue weighted by atomic mass is 16.3. The molecule has 0 saturated carbocycles. The van der Waals surface area contributed by atoms with E-state index in [9.17, 15) is 0 Å². The summed E-state index contributed by atoms with van der Waals surface area (Å²) < 4.78 is 4.84. The number of aromatic nitrogens is 1. The molecule has 0 radical (unpaired) electrons. The molecule has 2 rings (SSSR count). The molecule has 0 aliphatic heterocycles. The van der Waals surface area contributed by atoms with Gasteiger partial charge in [-0.3, -0.25) is 0 Å². The standard InChI is InChI=1S/C11H5N3O/c12-4-8-1-9(5-13)3-10(2-8)11-6-15-7-14-11/h1-3,6-7H. The van der Waals surface area contributed by atoms with Crippen LogP contribution < -0.4 is 0 Å². The van der Waals surface area contributed by atoms with E-state index in [0.717, 1.165) is 0 Å². The van der Waals surface area contributed by atoms with Gasteiger partial charge in [-0.15, -0.1) is 0 Å². The maximum absolute atomic E-state index is 8.78. The van der Waals surface area contributed by atoms with Crippen LogP contribution in [0.5, 0.6) is 0 Å². The molecule has 1 aromatic carbocycles. The molecule has 15 heavy (non-hydrogen) atoms. The summed E-state index contributed by atoms with van der Waals surface area (Å²) in [6.07, 6.45) is 2.78. The number of hydrogen-bond acceptors (Lipinski definition) is 4. The highest BCUT2D eigenvalue weighted by Crippen LogP contribution is 2.20. The van der Waals surface area contributed by atoms with E-state index in [2.05, 4.69) is 4.98 Å². The Hall–Kier alpha value is -2.59. The maximum atomic E-state index is 8.78. The van der Waals surface area contributed by atoms with Crippen molar-refractivity contribution in [1.29, 1.82) is 10.5 Å². The molecule has 1 heterocycles. The van der Waals surface area contributed by atoms with Crippen LogP contribution in [0.4, 0.5) is 0 Å². The number of nitrogens with zero attached hydrogens (tertiary/aromatic N) is 3. The molecule has 0 unspecified atom stereocenters. The molecule has 0 spiro atoms. The van der Waals surface area contributed by atoms with E-state index in [4.69, 9.17) is 14.9 Å². The Morgan fingerprint density at radius 2 is 1.73 bits per heavy atom. The van der Waals surface area contributed by atoms with Crippen molar-refractivity contribution >= 4 is 0 Å². The Morgan fingerprint density at radius 3 is 2.20 bits per heavy atom. The molecule has 4 nitrogen and oxygen atoms in total. The minimum atomic E-state index is 0.437. The van der Waals surface area contributed by atoms with Crippen LogP contribution in [-0.2, 0) is 0 Å². The number of oxazole rings is 1. The zero-order chi connectivity index (χ0) is 10.7. The molecular formula is C11H5N3O. The molecule has 0 amide bonds. The van der Waals surface area contributed by atoms with Gasteiger partial charge < -0.3 is 4.42 Å². The number of benzene rings is 1. The summed E-state index contributed by atoms with van der Waals surface area (Å²) in [6.45, 7) is 0. The number of hydrogen-bond donors (Lipinski definition) is 0. The fourth-order valence-corrected chi connectivity index (χ4v) is 1.26. The van der Waals surface area contributed by atoms with E-state index in [1.165, 1.54) is 18.7 Å². The molecule has 0 saturated heterocycles. The smallest absolute Gasteiger partial charge is 0.181 e. The summed E-state index contributed by atoms with van der Waals surface area (Å²) in [4.78, 5) is 3.95. The van der Waals surface area contributed by atoms with Gasteiger partial charge in [-0.2, -0.15) is 10.5 Å². The molecule has 70 valence electrons. The SMILES string of the molecule is N#Cc1cc(C#N)cc(-c2cocn2)c1. The second kappa shape index (κ2) is 3.65. The fraction of sp³-hybridized carbons (Fsp3) is 0. The van der Waals surface area contributed by atoms with Crippen molar-refractivity contribution in [2.75, 3.05) is 0 Å². The predicted octanol–water partition coefficient (Wildman–Crippen LogP) is 2.08. The van der Waals surface area contributed by atoms with Crippen molar-refractivity contribution in [1.82, 2.24) is 4.98 Å². The molecule has 0 atom stereocenters. The van der Waals surface area contributed by atoms with E-state index < -0.39 is 0 Å². The maximum Gasteiger partial charge on any atom is 0.181 e. The van der Waals surface area contributed by atoms with Crippen molar-refractivity contribution in [3.05, 3.63) is 42.0 Å². The zero-order valence-electron chi connectivity index (χ0n) is 7.64. The van der Waals surface area contributed by atoms with Crippen LogP contribution in [0, 0.1) is 22.7 Å². The van der Waals surface area contributed by atoms with Crippen LogP contribution in [0.1, 0.15) is 11.1 Å². The third-order valence-corrected chi connectivity index (χ3v) is 1.92. The Morgan fingerprint density at radius 1 is 1.07 bits per heavy atom. The lowest BCUT2D eigenvalue weighted by molar-refractivity contribution is 0.558. The van der Waals surface area contributed by atoms with Gasteiger partial charge in [-0.1, -0.05) is 0 Å². The highest BCUT2D eigenvalue weighted by Gasteiger charge is 2.04. The summed E-state index contributed by atoms with van der Waals surface area (Å²) >= 11 is 0. The van der Waals surface area contributed by atoms with Crippen LogP contribution in [0.15, 0.2) is 35.3 Å². The van der Waals surface area contributed by atoms with E-state index in [-0.39, 0.29) is 0 Å². The molecule has 0 fully saturated rings. The van der Waals surface area contributed by atoms with Gasteiger partial charge in [-0.25, -0.2) is 4.98 Å². The minimum absolute atomic E-state index is 0.437. The monoisotopic (exact) mass is 195 g/mol. The second-order valence-electron chi connectivity index (χ2n) is 2.90. The Labute approximate surface area is 86.0 Å². The topological polar surface area (TPSA) is 73.6 Å². The van der Waals surface area contributed by atoms with E-state index in [1.807, 2.05) is 12.1 Å². The number of nitriles is 2. The minimum Gasteiger partial charge on any atom is -0.451 e. The normalized spacial score (nSPS) is 9.20. The summed E-state index contributed by atoms with van der Waals surface area (Å²) in [7, 11) is 0. The quantitative estimate of drug-likeness (QED) is 0.698. The lowest BCUT2D eigenvalue weighted by Gasteiger charge is -1.97. The highest BCUT2D eigenvalue weighted by molar-refractivity contribution is 5.63. The Balaban J connectivity index is 2.59. The first kappa shape index (κ1) is 8.98. The molecule has 1 aromatic heterocycles. The van der Waals surface area contributed by atoms with Gasteiger partial charge in [0.2, 0.25) is 0 Å². The van der Waals surface area contributed by atoms with E-state index >= 15 is 0 Å². The fourth-order valence-electron chi connectivity index (χ4n) is 1.26. The lowest BCUT2D eigenvalue weighted by Crippen LogP contribution is -1.84.